The van der Waals surface area contributed by atoms with E-state index in [1.54, 1.807) is 0 Å². The lowest BCUT2D eigenvalue weighted by atomic mass is 9.81. The van der Waals surface area contributed by atoms with Gasteiger partial charge in [0, 0.05) is 6.04 Å². The van der Waals surface area contributed by atoms with Crippen molar-refractivity contribution >= 4 is 27.6 Å². The van der Waals surface area contributed by atoms with Crippen molar-refractivity contribution < 1.29 is 18.3 Å². The minimum absolute atomic E-state index is 0.0171. The highest BCUT2D eigenvalue weighted by Crippen LogP contribution is 2.30. The summed E-state index contributed by atoms with van der Waals surface area (Å²) >= 11 is 5.73. The second kappa shape index (κ2) is 5.71. The van der Waals surface area contributed by atoms with Gasteiger partial charge in [0.25, 0.3) is 0 Å². The summed E-state index contributed by atoms with van der Waals surface area (Å²) in [4.78, 5) is 10.9. The summed E-state index contributed by atoms with van der Waals surface area (Å²) < 4.78 is 27.0. The van der Waals surface area contributed by atoms with Crippen molar-refractivity contribution in [1.29, 1.82) is 0 Å². The molecule has 0 heterocycles. The first-order valence-corrected chi connectivity index (χ1v) is 8.22. The number of carboxylic acids is 1. The van der Waals surface area contributed by atoms with Crippen molar-refractivity contribution in [1.82, 2.24) is 4.72 Å². The molecule has 0 aliphatic heterocycles. The fraction of sp³-hybridized carbons (Fsp3) is 0.462. The van der Waals surface area contributed by atoms with Gasteiger partial charge in [-0.25, -0.2) is 17.9 Å². The van der Waals surface area contributed by atoms with Crippen molar-refractivity contribution in [3.8, 4) is 0 Å². The van der Waals surface area contributed by atoms with Gasteiger partial charge in [-0.3, -0.25) is 0 Å². The Labute approximate surface area is 123 Å². The molecule has 1 atom stereocenters. The van der Waals surface area contributed by atoms with Crippen molar-refractivity contribution in [2.45, 2.75) is 37.1 Å². The van der Waals surface area contributed by atoms with Gasteiger partial charge in [-0.2, -0.15) is 0 Å². The lowest BCUT2D eigenvalue weighted by molar-refractivity contribution is 0.0697. The highest BCUT2D eigenvalue weighted by atomic mass is 35.5. The predicted octanol–water partition coefficient (Wildman–Crippen LogP) is 2.51. The third kappa shape index (κ3) is 3.13. The molecule has 20 heavy (non-hydrogen) atoms. The Balaban J connectivity index is 2.24. The molecular weight excluding hydrogens is 302 g/mol. The van der Waals surface area contributed by atoms with Crippen LogP contribution in [0.1, 0.15) is 36.5 Å². The molecule has 1 aromatic rings. The number of carbonyl (C=O) groups is 1. The normalized spacial score (nSPS) is 17.5. The summed E-state index contributed by atoms with van der Waals surface area (Å²) in [6.45, 7) is 1.83. The Morgan fingerprint density at radius 3 is 2.60 bits per heavy atom. The highest BCUT2D eigenvalue weighted by Gasteiger charge is 2.28. The van der Waals surface area contributed by atoms with Crippen LogP contribution < -0.4 is 4.72 Å². The number of hydrogen-bond donors (Lipinski definition) is 2. The molecule has 0 spiro atoms. The molecule has 1 unspecified atom stereocenters. The fourth-order valence-electron chi connectivity index (χ4n) is 2.18. The van der Waals surface area contributed by atoms with Gasteiger partial charge in [0.15, 0.2) is 0 Å². The molecule has 0 aromatic heterocycles. The highest BCUT2D eigenvalue weighted by molar-refractivity contribution is 7.89. The van der Waals surface area contributed by atoms with Gasteiger partial charge >= 0.3 is 5.97 Å². The number of halogens is 1. The number of aromatic carboxylic acids is 1. The van der Waals surface area contributed by atoms with E-state index in [-0.39, 0.29) is 21.5 Å². The van der Waals surface area contributed by atoms with Crippen LogP contribution in [0.2, 0.25) is 5.02 Å². The summed E-state index contributed by atoms with van der Waals surface area (Å²) in [6.07, 6.45) is 3.16. The summed E-state index contributed by atoms with van der Waals surface area (Å²) in [7, 11) is -3.73. The fourth-order valence-corrected chi connectivity index (χ4v) is 3.72. The van der Waals surface area contributed by atoms with Crippen molar-refractivity contribution in [2.75, 3.05) is 0 Å². The smallest absolute Gasteiger partial charge is 0.337 e. The van der Waals surface area contributed by atoms with Gasteiger partial charge in [0.05, 0.1) is 15.5 Å². The lowest BCUT2D eigenvalue weighted by Crippen LogP contribution is -2.40. The molecule has 5 nitrogen and oxygen atoms in total. The van der Waals surface area contributed by atoms with E-state index >= 15 is 0 Å². The van der Waals surface area contributed by atoms with E-state index in [2.05, 4.69) is 4.72 Å². The van der Waals surface area contributed by atoms with E-state index < -0.39 is 16.0 Å². The molecule has 0 amide bonds. The lowest BCUT2D eigenvalue weighted by Gasteiger charge is -2.31. The van der Waals surface area contributed by atoms with Crippen LogP contribution in [0.4, 0.5) is 0 Å². The molecule has 0 bridgehead atoms. The molecule has 1 fully saturated rings. The van der Waals surface area contributed by atoms with E-state index in [1.165, 1.54) is 12.1 Å². The van der Waals surface area contributed by atoms with E-state index in [0.29, 0.717) is 5.92 Å². The van der Waals surface area contributed by atoms with Crippen LogP contribution in [0.25, 0.3) is 0 Å². The van der Waals surface area contributed by atoms with Gasteiger partial charge in [-0.05, 0) is 43.9 Å². The maximum Gasteiger partial charge on any atom is 0.337 e. The minimum atomic E-state index is -3.73. The van der Waals surface area contributed by atoms with E-state index in [1.807, 2.05) is 6.92 Å². The Kier molecular flexibility index (Phi) is 4.36. The number of carboxylic acid groups (broad SMARTS) is 1. The Bertz CT molecular complexity index is 625. The zero-order valence-corrected chi connectivity index (χ0v) is 12.5. The number of sulfonamides is 1. The molecule has 0 radical (unpaired) electrons. The monoisotopic (exact) mass is 317 g/mol. The molecule has 110 valence electrons. The van der Waals surface area contributed by atoms with Gasteiger partial charge in [-0.1, -0.05) is 18.0 Å². The maximum atomic E-state index is 12.2. The molecule has 1 aliphatic rings. The second-order valence-corrected chi connectivity index (χ2v) is 7.17. The topological polar surface area (TPSA) is 83.5 Å². The first kappa shape index (κ1) is 15.3. The van der Waals surface area contributed by atoms with E-state index in [0.717, 1.165) is 25.3 Å². The van der Waals surface area contributed by atoms with Crippen LogP contribution in [0.15, 0.2) is 23.1 Å². The first-order valence-electron chi connectivity index (χ1n) is 6.36. The van der Waals surface area contributed by atoms with Gasteiger partial charge < -0.3 is 5.11 Å². The molecule has 0 saturated heterocycles. The van der Waals surface area contributed by atoms with Crippen molar-refractivity contribution in [3.05, 3.63) is 28.8 Å². The second-order valence-electron chi connectivity index (χ2n) is 5.05. The van der Waals surface area contributed by atoms with Gasteiger partial charge in [0.1, 0.15) is 0 Å². The predicted molar refractivity (Wildman–Crippen MR) is 75.5 cm³/mol. The van der Waals surface area contributed by atoms with Crippen LogP contribution in [-0.2, 0) is 10.0 Å². The Morgan fingerprint density at radius 1 is 1.45 bits per heavy atom. The van der Waals surface area contributed by atoms with Crippen LogP contribution in [0, 0.1) is 5.92 Å². The molecule has 1 aliphatic carbocycles. The largest absolute Gasteiger partial charge is 0.478 e. The quantitative estimate of drug-likeness (QED) is 0.874. The molecule has 1 saturated carbocycles. The van der Waals surface area contributed by atoms with Gasteiger partial charge in [-0.15, -0.1) is 0 Å². The Hall–Kier alpha value is -1.11. The summed E-state index contributed by atoms with van der Waals surface area (Å²) in [6, 6.07) is 3.52. The van der Waals surface area contributed by atoms with Crippen molar-refractivity contribution in [2.24, 2.45) is 5.92 Å². The maximum absolute atomic E-state index is 12.2. The summed E-state index contributed by atoms with van der Waals surface area (Å²) in [5.74, 6) is -0.893. The summed E-state index contributed by atoms with van der Waals surface area (Å²) in [5, 5.41) is 8.99. The third-order valence-electron chi connectivity index (χ3n) is 3.68. The van der Waals surface area contributed by atoms with Crippen LogP contribution in [0.3, 0.4) is 0 Å². The molecule has 2 rings (SSSR count). The van der Waals surface area contributed by atoms with Gasteiger partial charge in [0.2, 0.25) is 10.0 Å². The standard InChI is InChI=1S/C13H16ClNO4S/c1-8(9-3-2-4-9)15-20(18,19)10-5-6-12(14)11(7-10)13(16)17/h5-9,15H,2-4H2,1H3,(H,16,17). The zero-order chi connectivity index (χ0) is 14.9. The average molecular weight is 318 g/mol. The third-order valence-corrected chi connectivity index (χ3v) is 5.56. The van der Waals surface area contributed by atoms with Crippen LogP contribution in [0.5, 0.6) is 0 Å². The Morgan fingerprint density at radius 2 is 2.10 bits per heavy atom. The number of nitrogens with one attached hydrogen (secondary N) is 1. The number of hydrogen-bond acceptors (Lipinski definition) is 3. The molecule has 2 N–H and O–H groups in total. The SMILES string of the molecule is CC(NS(=O)(=O)c1ccc(Cl)c(C(=O)O)c1)C1CCC1. The van der Waals surface area contributed by atoms with E-state index in [4.69, 9.17) is 16.7 Å². The van der Waals surface area contributed by atoms with Crippen molar-refractivity contribution in [3.63, 3.8) is 0 Å². The van der Waals surface area contributed by atoms with Crippen LogP contribution >= 0.6 is 11.6 Å². The average Bonchev–Trinajstić information content (AvgIpc) is 2.25. The number of benzene rings is 1. The minimum Gasteiger partial charge on any atom is -0.478 e. The summed E-state index contributed by atoms with van der Waals surface area (Å²) in [5.41, 5.74) is -0.217. The molecule has 1 aromatic carbocycles. The first-order chi connectivity index (χ1) is 9.31. The molecular formula is C13H16ClNO4S. The van der Waals surface area contributed by atoms with E-state index in [9.17, 15) is 13.2 Å². The zero-order valence-electron chi connectivity index (χ0n) is 11.0. The molecule has 7 heteroatoms. The van der Waals surface area contributed by atoms with Crippen LogP contribution in [-0.4, -0.2) is 25.5 Å². The number of rotatable bonds is 5.